The molecule has 2 rings (SSSR count). The zero-order valence-corrected chi connectivity index (χ0v) is 8.64. The highest BCUT2D eigenvalue weighted by Gasteiger charge is 2.11. The average Bonchev–Trinajstić information content (AvgIpc) is 2.51. The second-order valence-electron chi connectivity index (χ2n) is 3.61. The van der Waals surface area contributed by atoms with Gasteiger partial charge in [0.15, 0.2) is 6.29 Å². The molecule has 1 aliphatic rings. The van der Waals surface area contributed by atoms with Gasteiger partial charge in [0.2, 0.25) is 5.91 Å². The van der Waals surface area contributed by atoms with Crippen LogP contribution in [0.3, 0.4) is 0 Å². The number of benzene rings is 1. The standard InChI is InChI=1S/C13H11NO2/c14-13(16)12-7-10-5-3-1-2-4-9(10)6-11(12)8-15/h1-3,5-8H,4H2,(H2,14,16). The van der Waals surface area contributed by atoms with E-state index in [9.17, 15) is 9.59 Å². The summed E-state index contributed by atoms with van der Waals surface area (Å²) in [6.45, 7) is 0. The van der Waals surface area contributed by atoms with Crippen LogP contribution in [0.25, 0.3) is 6.08 Å². The lowest BCUT2D eigenvalue weighted by molar-refractivity contribution is 0.0993. The summed E-state index contributed by atoms with van der Waals surface area (Å²) in [5.74, 6) is -0.574. The van der Waals surface area contributed by atoms with Crippen LogP contribution in [0.15, 0.2) is 30.4 Å². The van der Waals surface area contributed by atoms with E-state index in [2.05, 4.69) is 0 Å². The molecule has 80 valence electrons. The van der Waals surface area contributed by atoms with E-state index in [1.54, 1.807) is 12.1 Å². The molecular weight excluding hydrogens is 202 g/mol. The van der Waals surface area contributed by atoms with E-state index in [0.29, 0.717) is 11.8 Å². The van der Waals surface area contributed by atoms with Gasteiger partial charge in [-0.25, -0.2) is 0 Å². The summed E-state index contributed by atoms with van der Waals surface area (Å²) in [5.41, 5.74) is 7.82. The lowest BCUT2D eigenvalue weighted by Crippen LogP contribution is -2.14. The Balaban J connectivity index is 2.63. The SMILES string of the molecule is NC(=O)c1cc2c(cc1C=O)CC=CC=C2. The van der Waals surface area contributed by atoms with Crippen molar-refractivity contribution in [2.24, 2.45) is 5.73 Å². The van der Waals surface area contributed by atoms with Crippen LogP contribution in [-0.4, -0.2) is 12.2 Å². The highest BCUT2D eigenvalue weighted by molar-refractivity contribution is 6.01. The minimum atomic E-state index is -0.574. The van der Waals surface area contributed by atoms with E-state index in [1.165, 1.54) is 0 Å². The van der Waals surface area contributed by atoms with E-state index in [4.69, 9.17) is 5.73 Å². The molecular formula is C13H11NO2. The molecule has 0 aliphatic heterocycles. The molecule has 16 heavy (non-hydrogen) atoms. The largest absolute Gasteiger partial charge is 0.366 e. The van der Waals surface area contributed by atoms with Gasteiger partial charge in [-0.2, -0.15) is 0 Å². The van der Waals surface area contributed by atoms with Gasteiger partial charge in [0.1, 0.15) is 0 Å². The first kappa shape index (κ1) is 10.4. The summed E-state index contributed by atoms with van der Waals surface area (Å²) in [7, 11) is 0. The van der Waals surface area contributed by atoms with Crippen molar-refractivity contribution < 1.29 is 9.59 Å². The maximum atomic E-state index is 11.2. The third-order valence-corrected chi connectivity index (χ3v) is 2.56. The van der Waals surface area contributed by atoms with Gasteiger partial charge in [0, 0.05) is 5.56 Å². The summed E-state index contributed by atoms with van der Waals surface area (Å²) in [6, 6.07) is 3.40. The second-order valence-corrected chi connectivity index (χ2v) is 3.61. The van der Waals surface area contributed by atoms with Crippen LogP contribution < -0.4 is 5.73 Å². The van der Waals surface area contributed by atoms with Gasteiger partial charge in [-0.15, -0.1) is 0 Å². The fourth-order valence-electron chi connectivity index (χ4n) is 1.76. The quantitative estimate of drug-likeness (QED) is 0.760. The van der Waals surface area contributed by atoms with Gasteiger partial charge in [-0.1, -0.05) is 24.3 Å². The Morgan fingerprint density at radius 3 is 2.81 bits per heavy atom. The molecule has 0 spiro atoms. The number of allylic oxidation sites excluding steroid dienone is 3. The van der Waals surface area contributed by atoms with Gasteiger partial charge < -0.3 is 5.73 Å². The van der Waals surface area contributed by atoms with Crippen molar-refractivity contribution in [2.45, 2.75) is 6.42 Å². The number of carbonyl (C=O) groups excluding carboxylic acids is 2. The molecule has 0 heterocycles. The van der Waals surface area contributed by atoms with Gasteiger partial charge in [-0.3, -0.25) is 9.59 Å². The minimum Gasteiger partial charge on any atom is -0.366 e. The maximum absolute atomic E-state index is 11.2. The Labute approximate surface area is 93.3 Å². The fourth-order valence-corrected chi connectivity index (χ4v) is 1.76. The number of primary amides is 1. The first-order chi connectivity index (χ1) is 7.72. The number of fused-ring (bicyclic) bond motifs is 1. The number of aldehydes is 1. The molecule has 0 bridgehead atoms. The van der Waals surface area contributed by atoms with E-state index < -0.39 is 5.91 Å². The average molecular weight is 213 g/mol. The number of carbonyl (C=O) groups is 2. The third kappa shape index (κ3) is 1.80. The molecule has 1 aromatic rings. The number of rotatable bonds is 2. The molecule has 1 amide bonds. The fraction of sp³-hybridized carbons (Fsp3) is 0.0769. The number of hydrogen-bond donors (Lipinski definition) is 1. The van der Waals surface area contributed by atoms with Crippen LogP contribution in [0.5, 0.6) is 0 Å². The van der Waals surface area contributed by atoms with Crippen molar-refractivity contribution >= 4 is 18.3 Å². The van der Waals surface area contributed by atoms with Crippen LogP contribution >= 0.6 is 0 Å². The summed E-state index contributed by atoms with van der Waals surface area (Å²) >= 11 is 0. The molecule has 2 N–H and O–H groups in total. The van der Waals surface area contributed by atoms with Crippen LogP contribution in [0.4, 0.5) is 0 Å². The summed E-state index contributed by atoms with van der Waals surface area (Å²) in [5, 5.41) is 0. The first-order valence-electron chi connectivity index (χ1n) is 4.97. The Bertz CT molecular complexity index is 513. The van der Waals surface area contributed by atoms with Crippen molar-refractivity contribution in [3.8, 4) is 0 Å². The van der Waals surface area contributed by atoms with Crippen molar-refractivity contribution in [1.29, 1.82) is 0 Å². The summed E-state index contributed by atoms with van der Waals surface area (Å²) < 4.78 is 0. The number of hydrogen-bond acceptors (Lipinski definition) is 2. The summed E-state index contributed by atoms with van der Waals surface area (Å²) in [4.78, 5) is 22.0. The maximum Gasteiger partial charge on any atom is 0.249 e. The zero-order valence-electron chi connectivity index (χ0n) is 8.64. The molecule has 0 atom stereocenters. The van der Waals surface area contributed by atoms with Gasteiger partial charge in [0.05, 0.1) is 5.56 Å². The monoisotopic (exact) mass is 213 g/mol. The molecule has 0 unspecified atom stereocenters. The number of amides is 1. The van der Waals surface area contributed by atoms with Crippen molar-refractivity contribution in [3.63, 3.8) is 0 Å². The van der Waals surface area contributed by atoms with Crippen molar-refractivity contribution in [1.82, 2.24) is 0 Å². The van der Waals surface area contributed by atoms with E-state index >= 15 is 0 Å². The van der Waals surface area contributed by atoms with Gasteiger partial charge in [-0.05, 0) is 29.7 Å². The smallest absolute Gasteiger partial charge is 0.249 e. The molecule has 3 nitrogen and oxygen atoms in total. The second kappa shape index (κ2) is 4.14. The van der Waals surface area contributed by atoms with E-state index in [-0.39, 0.29) is 5.56 Å². The predicted molar refractivity (Wildman–Crippen MR) is 62.2 cm³/mol. The van der Waals surface area contributed by atoms with Crippen molar-refractivity contribution in [2.75, 3.05) is 0 Å². The molecule has 0 aromatic heterocycles. The van der Waals surface area contributed by atoms with E-state index in [0.717, 1.165) is 17.5 Å². The molecule has 0 saturated heterocycles. The van der Waals surface area contributed by atoms with E-state index in [1.807, 2.05) is 24.3 Å². The van der Waals surface area contributed by atoms with Gasteiger partial charge >= 0.3 is 0 Å². The van der Waals surface area contributed by atoms with Crippen LogP contribution in [-0.2, 0) is 6.42 Å². The lowest BCUT2D eigenvalue weighted by Gasteiger charge is -2.07. The van der Waals surface area contributed by atoms with Crippen LogP contribution in [0.2, 0.25) is 0 Å². The third-order valence-electron chi connectivity index (χ3n) is 2.56. The predicted octanol–water partition coefficient (Wildman–Crippen LogP) is 1.72. The normalized spacial score (nSPS) is 13.0. The molecule has 0 radical (unpaired) electrons. The zero-order chi connectivity index (χ0) is 11.5. The first-order valence-corrected chi connectivity index (χ1v) is 4.97. The molecule has 1 aromatic carbocycles. The molecule has 3 heteroatoms. The summed E-state index contributed by atoms with van der Waals surface area (Å²) in [6.07, 6.45) is 9.16. The Morgan fingerprint density at radius 1 is 1.31 bits per heavy atom. The topological polar surface area (TPSA) is 60.2 Å². The molecule has 1 aliphatic carbocycles. The Morgan fingerprint density at radius 2 is 2.12 bits per heavy atom. The van der Waals surface area contributed by atoms with Gasteiger partial charge in [0.25, 0.3) is 0 Å². The Kier molecular flexibility index (Phi) is 2.68. The number of nitrogens with two attached hydrogens (primary N) is 1. The highest BCUT2D eigenvalue weighted by Crippen LogP contribution is 2.20. The molecule has 0 fully saturated rings. The molecule has 0 saturated carbocycles. The van der Waals surface area contributed by atoms with Crippen LogP contribution in [0.1, 0.15) is 31.8 Å². The highest BCUT2D eigenvalue weighted by atomic mass is 16.1. The Hall–Kier alpha value is -2.16. The van der Waals surface area contributed by atoms with Crippen LogP contribution in [0, 0.1) is 0 Å². The minimum absolute atomic E-state index is 0.278. The lowest BCUT2D eigenvalue weighted by atomic mass is 9.97. The van der Waals surface area contributed by atoms with Crippen molar-refractivity contribution in [3.05, 3.63) is 52.6 Å².